The molecule has 144 valence electrons. The highest BCUT2D eigenvalue weighted by molar-refractivity contribution is 5.85. The van der Waals surface area contributed by atoms with Crippen LogP contribution in [0, 0.1) is 5.92 Å². The largest absolute Gasteiger partial charge is 0.504 e. The van der Waals surface area contributed by atoms with Crippen LogP contribution in [-0.4, -0.2) is 34.5 Å². The van der Waals surface area contributed by atoms with Crippen LogP contribution in [0.2, 0.25) is 0 Å². The van der Waals surface area contributed by atoms with E-state index in [0.717, 1.165) is 12.8 Å². The van der Waals surface area contributed by atoms with Crippen molar-refractivity contribution in [3.63, 3.8) is 0 Å². The number of esters is 2. The van der Waals surface area contributed by atoms with Gasteiger partial charge in [0.25, 0.3) is 5.72 Å². The number of hydrogen-bond acceptors (Lipinski definition) is 7. The fourth-order valence-corrected chi connectivity index (χ4v) is 3.08. The van der Waals surface area contributed by atoms with Gasteiger partial charge in [-0.1, -0.05) is 32.8 Å². The van der Waals surface area contributed by atoms with E-state index in [1.165, 1.54) is 18.2 Å². The number of hydrogen-bond donors (Lipinski definition) is 3. The maximum absolute atomic E-state index is 12.6. The van der Waals surface area contributed by atoms with E-state index in [-0.39, 0.29) is 24.0 Å². The predicted molar refractivity (Wildman–Crippen MR) is 94.4 cm³/mol. The Bertz CT molecular complexity index is 655. The second kappa shape index (κ2) is 8.40. The molecule has 1 aliphatic carbocycles. The topological polar surface area (TPSA) is 119 Å². The lowest BCUT2D eigenvalue weighted by molar-refractivity contribution is -0.187. The van der Waals surface area contributed by atoms with Crippen LogP contribution in [-0.2, 0) is 19.1 Å². The van der Waals surface area contributed by atoms with E-state index in [4.69, 9.17) is 15.2 Å². The minimum atomic E-state index is -2.02. The highest BCUT2D eigenvalue weighted by Crippen LogP contribution is 2.35. The van der Waals surface area contributed by atoms with Crippen molar-refractivity contribution in [1.29, 1.82) is 0 Å². The van der Waals surface area contributed by atoms with Gasteiger partial charge in [0, 0.05) is 5.92 Å². The molecular formula is C19H27NO6. The average molecular weight is 365 g/mol. The molecule has 0 spiro atoms. The molecule has 1 unspecified atom stereocenters. The number of phenolic OH excluding ortho intramolecular Hbond substituents is 2. The molecule has 7 nitrogen and oxygen atoms in total. The Balaban J connectivity index is 2.29. The molecule has 0 aliphatic heterocycles. The van der Waals surface area contributed by atoms with E-state index in [2.05, 4.69) is 0 Å². The molecule has 1 aromatic carbocycles. The van der Waals surface area contributed by atoms with Crippen LogP contribution in [0.25, 0.3) is 0 Å². The molecule has 1 aliphatic rings. The zero-order valence-corrected chi connectivity index (χ0v) is 15.2. The Morgan fingerprint density at radius 3 is 2.50 bits per heavy atom. The molecule has 0 amide bonds. The maximum Gasteiger partial charge on any atom is 0.366 e. The van der Waals surface area contributed by atoms with Gasteiger partial charge in [-0.3, -0.25) is 10.5 Å². The first-order valence-electron chi connectivity index (χ1n) is 9.00. The van der Waals surface area contributed by atoms with E-state index in [9.17, 15) is 19.8 Å². The smallest absolute Gasteiger partial charge is 0.366 e. The fourth-order valence-electron chi connectivity index (χ4n) is 3.08. The first-order chi connectivity index (χ1) is 12.3. The van der Waals surface area contributed by atoms with Gasteiger partial charge in [-0.25, -0.2) is 4.79 Å². The van der Waals surface area contributed by atoms with E-state index in [1.807, 2.05) is 6.92 Å². The molecule has 0 saturated heterocycles. The molecule has 1 fully saturated rings. The summed E-state index contributed by atoms with van der Waals surface area (Å²) >= 11 is 0. The van der Waals surface area contributed by atoms with Crippen molar-refractivity contribution in [3.8, 4) is 11.5 Å². The van der Waals surface area contributed by atoms with Gasteiger partial charge < -0.3 is 19.7 Å². The second-order valence-corrected chi connectivity index (χ2v) is 6.80. The lowest BCUT2D eigenvalue weighted by Gasteiger charge is -2.33. The summed E-state index contributed by atoms with van der Waals surface area (Å²) in [6.45, 7) is 3.62. The summed E-state index contributed by atoms with van der Waals surface area (Å²) in [5.74, 6) is -3.03. The van der Waals surface area contributed by atoms with Crippen LogP contribution in [0.1, 0.15) is 57.4 Å². The summed E-state index contributed by atoms with van der Waals surface area (Å²) in [7, 11) is 0. The van der Waals surface area contributed by atoms with Gasteiger partial charge >= 0.3 is 11.9 Å². The summed E-state index contributed by atoms with van der Waals surface area (Å²) in [5, 5.41) is 19.2. The summed E-state index contributed by atoms with van der Waals surface area (Å²) in [4.78, 5) is 25.1. The Morgan fingerprint density at radius 1 is 1.27 bits per heavy atom. The maximum atomic E-state index is 12.6. The Kier molecular flexibility index (Phi) is 6.47. The van der Waals surface area contributed by atoms with Crippen LogP contribution in [0.3, 0.4) is 0 Å². The van der Waals surface area contributed by atoms with E-state index in [1.54, 1.807) is 6.92 Å². The normalized spacial score (nSPS) is 18.1. The third-order valence-electron chi connectivity index (χ3n) is 4.86. The number of nitrogens with two attached hydrogens (primary N) is 1. The van der Waals surface area contributed by atoms with Crippen molar-refractivity contribution in [3.05, 3.63) is 23.8 Å². The minimum absolute atomic E-state index is 0.159. The van der Waals surface area contributed by atoms with Gasteiger partial charge in [-0.15, -0.1) is 0 Å². The molecule has 0 aromatic heterocycles. The van der Waals surface area contributed by atoms with Crippen molar-refractivity contribution in [2.24, 2.45) is 11.7 Å². The number of aromatic hydroxyl groups is 2. The first-order valence-corrected chi connectivity index (χ1v) is 9.00. The van der Waals surface area contributed by atoms with Gasteiger partial charge in [0.1, 0.15) is 0 Å². The van der Waals surface area contributed by atoms with Gasteiger partial charge in [-0.2, -0.15) is 0 Å². The number of benzene rings is 1. The minimum Gasteiger partial charge on any atom is -0.504 e. The van der Waals surface area contributed by atoms with Crippen LogP contribution in [0.4, 0.5) is 0 Å². The molecule has 1 saturated carbocycles. The number of rotatable bonds is 7. The monoisotopic (exact) mass is 365 g/mol. The highest BCUT2D eigenvalue weighted by Gasteiger charge is 2.47. The van der Waals surface area contributed by atoms with Crippen molar-refractivity contribution in [2.75, 3.05) is 6.61 Å². The molecule has 4 N–H and O–H groups in total. The molecule has 0 bridgehead atoms. The quantitative estimate of drug-likeness (QED) is 0.386. The number of phenols is 2. The zero-order valence-electron chi connectivity index (χ0n) is 15.2. The average Bonchev–Trinajstić information content (AvgIpc) is 3.16. The van der Waals surface area contributed by atoms with Gasteiger partial charge in [-0.05, 0) is 37.0 Å². The molecular weight excluding hydrogens is 338 g/mol. The van der Waals surface area contributed by atoms with Crippen LogP contribution < -0.4 is 5.73 Å². The van der Waals surface area contributed by atoms with E-state index < -0.39 is 23.6 Å². The van der Waals surface area contributed by atoms with Crippen LogP contribution >= 0.6 is 0 Å². The Hall–Kier alpha value is -2.28. The van der Waals surface area contributed by atoms with Crippen molar-refractivity contribution in [1.82, 2.24) is 0 Å². The summed E-state index contributed by atoms with van der Waals surface area (Å²) in [6.07, 6.45) is 3.92. The predicted octanol–water partition coefficient (Wildman–Crippen LogP) is 2.54. The lowest BCUT2D eigenvalue weighted by atomic mass is 9.89. The van der Waals surface area contributed by atoms with E-state index in [0.29, 0.717) is 24.8 Å². The second-order valence-electron chi connectivity index (χ2n) is 6.80. The fraction of sp³-hybridized carbons (Fsp3) is 0.579. The molecule has 2 rings (SSSR count). The standard InChI is InChI=1S/C19H27NO6/c1-3-10-25-18(24)19(20,26-17(23)13-6-4-5-7-13)12(2)14-8-9-15(21)16(22)11-14/h8-9,11-13,21-22H,3-7,10,20H2,1-2H3/t12?,19-/m0/s1. The van der Waals surface area contributed by atoms with Gasteiger partial charge in [0.2, 0.25) is 0 Å². The number of ether oxygens (including phenoxy) is 2. The molecule has 1 aromatic rings. The van der Waals surface area contributed by atoms with Gasteiger partial charge in [0.15, 0.2) is 11.5 Å². The summed E-state index contributed by atoms with van der Waals surface area (Å²) < 4.78 is 10.7. The highest BCUT2D eigenvalue weighted by atomic mass is 16.6. The molecule has 26 heavy (non-hydrogen) atoms. The SMILES string of the molecule is CCCOC(=O)[C@@](N)(OC(=O)C1CCCC1)C(C)c1ccc(O)c(O)c1. The molecule has 2 atom stereocenters. The number of carbonyl (C=O) groups excluding carboxylic acids is 2. The molecule has 0 heterocycles. The zero-order chi connectivity index (χ0) is 19.3. The van der Waals surface area contributed by atoms with Crippen LogP contribution in [0.15, 0.2) is 18.2 Å². The number of carbonyl (C=O) groups is 2. The van der Waals surface area contributed by atoms with Gasteiger partial charge in [0.05, 0.1) is 12.5 Å². The third-order valence-corrected chi connectivity index (χ3v) is 4.86. The lowest BCUT2D eigenvalue weighted by Crippen LogP contribution is -2.57. The van der Waals surface area contributed by atoms with Crippen LogP contribution in [0.5, 0.6) is 11.5 Å². The van der Waals surface area contributed by atoms with E-state index >= 15 is 0 Å². The Labute approximate surface area is 153 Å². The molecule has 7 heteroatoms. The Morgan fingerprint density at radius 2 is 1.92 bits per heavy atom. The third kappa shape index (κ3) is 4.27. The summed E-state index contributed by atoms with van der Waals surface area (Å²) in [6, 6.07) is 4.09. The van der Waals surface area contributed by atoms with Crippen molar-refractivity contribution in [2.45, 2.75) is 57.6 Å². The van der Waals surface area contributed by atoms with Crippen molar-refractivity contribution < 1.29 is 29.3 Å². The summed E-state index contributed by atoms with van der Waals surface area (Å²) in [5.41, 5.74) is 4.68. The first kappa shape index (κ1) is 20.0. The van der Waals surface area contributed by atoms with Crippen molar-refractivity contribution >= 4 is 11.9 Å². The molecule has 0 radical (unpaired) electrons.